The van der Waals surface area contributed by atoms with Crippen LogP contribution in [-0.4, -0.2) is 28.5 Å². The maximum absolute atomic E-state index is 12.4. The van der Waals surface area contributed by atoms with Gasteiger partial charge in [-0.25, -0.2) is 4.98 Å². The third-order valence-electron chi connectivity index (χ3n) is 3.61. The van der Waals surface area contributed by atoms with E-state index < -0.39 is 0 Å². The normalized spacial score (nSPS) is 18.0. The molecule has 1 aliphatic heterocycles. The first-order valence-electron chi connectivity index (χ1n) is 7.09. The van der Waals surface area contributed by atoms with Crippen molar-refractivity contribution in [3.05, 3.63) is 42.2 Å². The lowest BCUT2D eigenvalue weighted by Gasteiger charge is -2.24. The SMILES string of the molecule is Cc1cncc(N2CCCC2C(=O)NCc2ccco2)n1. The fraction of sp³-hybridized carbons (Fsp3) is 0.400. The van der Waals surface area contributed by atoms with E-state index in [-0.39, 0.29) is 11.9 Å². The highest BCUT2D eigenvalue weighted by Crippen LogP contribution is 2.23. The van der Waals surface area contributed by atoms with Crippen molar-refractivity contribution in [1.29, 1.82) is 0 Å². The summed E-state index contributed by atoms with van der Waals surface area (Å²) in [7, 11) is 0. The molecule has 6 heteroatoms. The van der Waals surface area contributed by atoms with Crippen molar-refractivity contribution in [3.63, 3.8) is 0 Å². The Morgan fingerprint density at radius 3 is 3.19 bits per heavy atom. The van der Waals surface area contributed by atoms with E-state index >= 15 is 0 Å². The van der Waals surface area contributed by atoms with Gasteiger partial charge in [0.2, 0.25) is 5.91 Å². The van der Waals surface area contributed by atoms with E-state index in [9.17, 15) is 4.79 Å². The molecule has 1 N–H and O–H groups in total. The number of amides is 1. The topological polar surface area (TPSA) is 71.3 Å². The molecule has 110 valence electrons. The first-order chi connectivity index (χ1) is 10.2. The van der Waals surface area contributed by atoms with E-state index in [1.165, 1.54) is 0 Å². The Balaban J connectivity index is 1.67. The lowest BCUT2D eigenvalue weighted by molar-refractivity contribution is -0.122. The molecule has 0 bridgehead atoms. The van der Waals surface area contributed by atoms with Crippen LogP contribution in [0.1, 0.15) is 24.3 Å². The van der Waals surface area contributed by atoms with E-state index in [1.807, 2.05) is 24.0 Å². The molecule has 1 atom stereocenters. The molecule has 1 fully saturated rings. The lowest BCUT2D eigenvalue weighted by Crippen LogP contribution is -2.43. The number of hydrogen-bond donors (Lipinski definition) is 1. The lowest BCUT2D eigenvalue weighted by atomic mass is 10.2. The number of nitrogens with one attached hydrogen (secondary N) is 1. The Bertz CT molecular complexity index is 612. The first kappa shape index (κ1) is 13.6. The van der Waals surface area contributed by atoms with Crippen molar-refractivity contribution in [3.8, 4) is 0 Å². The third kappa shape index (κ3) is 3.04. The van der Waals surface area contributed by atoms with Gasteiger partial charge < -0.3 is 14.6 Å². The molecule has 1 amide bonds. The van der Waals surface area contributed by atoms with Crippen LogP contribution in [0.3, 0.4) is 0 Å². The summed E-state index contributed by atoms with van der Waals surface area (Å²) in [6.45, 7) is 3.14. The van der Waals surface area contributed by atoms with Crippen LogP contribution >= 0.6 is 0 Å². The van der Waals surface area contributed by atoms with Gasteiger partial charge in [-0.15, -0.1) is 0 Å². The van der Waals surface area contributed by atoms with Crippen molar-refractivity contribution in [2.24, 2.45) is 0 Å². The van der Waals surface area contributed by atoms with Crippen LogP contribution in [-0.2, 0) is 11.3 Å². The van der Waals surface area contributed by atoms with Gasteiger partial charge in [-0.1, -0.05) is 0 Å². The number of furan rings is 1. The van der Waals surface area contributed by atoms with Crippen LogP contribution in [0.15, 0.2) is 35.2 Å². The van der Waals surface area contributed by atoms with E-state index in [0.717, 1.165) is 36.7 Å². The van der Waals surface area contributed by atoms with Gasteiger partial charge in [0, 0.05) is 12.7 Å². The van der Waals surface area contributed by atoms with Gasteiger partial charge in [0.05, 0.1) is 24.7 Å². The molecular formula is C15H18N4O2. The first-order valence-corrected chi connectivity index (χ1v) is 7.09. The van der Waals surface area contributed by atoms with Crippen LogP contribution in [0.4, 0.5) is 5.82 Å². The quantitative estimate of drug-likeness (QED) is 0.925. The molecule has 1 aliphatic rings. The van der Waals surface area contributed by atoms with Crippen LogP contribution in [0.2, 0.25) is 0 Å². The molecule has 3 heterocycles. The average molecular weight is 286 g/mol. The Morgan fingerprint density at radius 2 is 2.43 bits per heavy atom. The molecule has 1 unspecified atom stereocenters. The predicted molar refractivity (Wildman–Crippen MR) is 77.7 cm³/mol. The Morgan fingerprint density at radius 1 is 1.52 bits per heavy atom. The summed E-state index contributed by atoms with van der Waals surface area (Å²) < 4.78 is 5.22. The Kier molecular flexibility index (Phi) is 3.85. The van der Waals surface area contributed by atoms with E-state index in [0.29, 0.717) is 6.54 Å². The van der Waals surface area contributed by atoms with E-state index in [1.54, 1.807) is 18.7 Å². The highest BCUT2D eigenvalue weighted by Gasteiger charge is 2.31. The third-order valence-corrected chi connectivity index (χ3v) is 3.61. The molecule has 2 aromatic rings. The minimum absolute atomic E-state index is 0.00667. The monoisotopic (exact) mass is 286 g/mol. The fourth-order valence-electron chi connectivity index (χ4n) is 2.61. The Labute approximate surface area is 123 Å². The number of aromatic nitrogens is 2. The number of anilines is 1. The van der Waals surface area contributed by atoms with Crippen molar-refractivity contribution >= 4 is 11.7 Å². The van der Waals surface area contributed by atoms with Gasteiger partial charge in [0.15, 0.2) is 0 Å². The molecule has 3 rings (SSSR count). The fourth-order valence-corrected chi connectivity index (χ4v) is 2.61. The standard InChI is InChI=1S/C15H18N4O2/c1-11-8-16-10-14(18-11)19-6-2-5-13(19)15(20)17-9-12-4-3-7-21-12/h3-4,7-8,10,13H,2,5-6,9H2,1H3,(H,17,20). The van der Waals surface area contributed by atoms with Crippen molar-refractivity contribution in [2.45, 2.75) is 32.4 Å². The molecule has 1 saturated heterocycles. The van der Waals surface area contributed by atoms with Gasteiger partial charge in [-0.05, 0) is 31.9 Å². The highest BCUT2D eigenvalue weighted by molar-refractivity contribution is 5.85. The number of rotatable bonds is 4. The molecule has 0 saturated carbocycles. The summed E-state index contributed by atoms with van der Waals surface area (Å²) in [5.74, 6) is 1.53. The minimum Gasteiger partial charge on any atom is -0.467 e. The van der Waals surface area contributed by atoms with Crippen molar-refractivity contribution in [1.82, 2.24) is 15.3 Å². The van der Waals surface area contributed by atoms with E-state index in [4.69, 9.17) is 4.42 Å². The number of carbonyl (C=O) groups is 1. The zero-order valence-electron chi connectivity index (χ0n) is 12.0. The summed E-state index contributed by atoms with van der Waals surface area (Å²) in [4.78, 5) is 23.0. The maximum atomic E-state index is 12.4. The summed E-state index contributed by atoms with van der Waals surface area (Å²) in [5, 5.41) is 2.92. The number of aryl methyl sites for hydroxylation is 1. The second kappa shape index (κ2) is 5.95. The average Bonchev–Trinajstić information content (AvgIpc) is 3.16. The zero-order chi connectivity index (χ0) is 14.7. The van der Waals surface area contributed by atoms with Gasteiger partial charge >= 0.3 is 0 Å². The van der Waals surface area contributed by atoms with Crippen LogP contribution in [0.5, 0.6) is 0 Å². The van der Waals surface area contributed by atoms with Gasteiger partial charge in [-0.3, -0.25) is 9.78 Å². The summed E-state index contributed by atoms with van der Waals surface area (Å²) in [5.41, 5.74) is 0.856. The molecule has 0 aromatic carbocycles. The predicted octanol–water partition coefficient (Wildman–Crippen LogP) is 1.66. The molecule has 0 radical (unpaired) electrons. The molecule has 0 spiro atoms. The summed E-state index contributed by atoms with van der Waals surface area (Å²) in [6.07, 6.45) is 6.84. The summed E-state index contributed by atoms with van der Waals surface area (Å²) in [6, 6.07) is 3.47. The van der Waals surface area contributed by atoms with Gasteiger partial charge in [-0.2, -0.15) is 0 Å². The van der Waals surface area contributed by atoms with Crippen molar-refractivity contribution < 1.29 is 9.21 Å². The molecular weight excluding hydrogens is 268 g/mol. The Hall–Kier alpha value is -2.37. The van der Waals surface area contributed by atoms with Gasteiger partial charge in [0.25, 0.3) is 0 Å². The number of hydrogen-bond acceptors (Lipinski definition) is 5. The van der Waals surface area contributed by atoms with Crippen LogP contribution < -0.4 is 10.2 Å². The second-order valence-corrected chi connectivity index (χ2v) is 5.17. The molecule has 0 aliphatic carbocycles. The zero-order valence-corrected chi connectivity index (χ0v) is 12.0. The smallest absolute Gasteiger partial charge is 0.243 e. The second-order valence-electron chi connectivity index (χ2n) is 5.17. The van der Waals surface area contributed by atoms with Crippen LogP contribution in [0.25, 0.3) is 0 Å². The number of carbonyl (C=O) groups excluding carboxylic acids is 1. The maximum Gasteiger partial charge on any atom is 0.243 e. The van der Waals surface area contributed by atoms with Crippen molar-refractivity contribution in [2.75, 3.05) is 11.4 Å². The molecule has 21 heavy (non-hydrogen) atoms. The number of nitrogens with zero attached hydrogens (tertiary/aromatic N) is 3. The van der Waals surface area contributed by atoms with Crippen LogP contribution in [0, 0.1) is 6.92 Å². The molecule has 6 nitrogen and oxygen atoms in total. The minimum atomic E-state index is -0.184. The summed E-state index contributed by atoms with van der Waals surface area (Å²) >= 11 is 0. The molecule has 2 aromatic heterocycles. The van der Waals surface area contributed by atoms with Gasteiger partial charge in [0.1, 0.15) is 17.6 Å². The van der Waals surface area contributed by atoms with E-state index in [2.05, 4.69) is 15.3 Å². The largest absolute Gasteiger partial charge is 0.467 e. The highest BCUT2D eigenvalue weighted by atomic mass is 16.3.